The highest BCUT2D eigenvalue weighted by Crippen LogP contribution is 2.17. The van der Waals surface area contributed by atoms with Gasteiger partial charge in [-0.2, -0.15) is 5.26 Å². The molecule has 0 aromatic heterocycles. The molecule has 0 saturated carbocycles. The minimum Gasteiger partial charge on any atom is -0.463 e. The summed E-state index contributed by atoms with van der Waals surface area (Å²) in [5.74, 6) is 1.10. The van der Waals surface area contributed by atoms with Gasteiger partial charge in [0.25, 0.3) is 0 Å². The van der Waals surface area contributed by atoms with E-state index in [9.17, 15) is 4.79 Å². The van der Waals surface area contributed by atoms with Crippen molar-refractivity contribution in [2.24, 2.45) is 0 Å². The molecule has 0 spiro atoms. The summed E-state index contributed by atoms with van der Waals surface area (Å²) in [5.41, 5.74) is 0.921. The topological polar surface area (TPSA) is 59.3 Å². The summed E-state index contributed by atoms with van der Waals surface area (Å²) in [6, 6.07) is 14.9. The first-order valence-electron chi connectivity index (χ1n) is 6.24. The molecule has 0 amide bonds. The quantitative estimate of drug-likeness (QED) is 0.486. The van der Waals surface area contributed by atoms with E-state index >= 15 is 0 Å². The third-order valence-corrected chi connectivity index (χ3v) is 2.58. The number of hydrogen-bond acceptors (Lipinski definition) is 4. The third-order valence-electron chi connectivity index (χ3n) is 2.58. The van der Waals surface area contributed by atoms with E-state index in [4.69, 9.17) is 14.7 Å². The molecule has 21 heavy (non-hydrogen) atoms. The summed E-state index contributed by atoms with van der Waals surface area (Å²) in [6.07, 6.45) is 0. The van der Waals surface area contributed by atoms with Gasteiger partial charge in [-0.1, -0.05) is 6.58 Å². The van der Waals surface area contributed by atoms with Crippen LogP contribution in [0.1, 0.15) is 22.8 Å². The third kappa shape index (κ3) is 3.95. The van der Waals surface area contributed by atoms with Crippen LogP contribution in [-0.4, -0.2) is 5.97 Å². The SMILES string of the molecule is C=C(C)Oc1ccc(C(=O)Oc2ccc(C#N)cc2)cc1. The number of ether oxygens (including phenoxy) is 2. The molecule has 0 N–H and O–H groups in total. The Balaban J connectivity index is 2.05. The Labute approximate surface area is 122 Å². The van der Waals surface area contributed by atoms with E-state index in [2.05, 4.69) is 6.58 Å². The van der Waals surface area contributed by atoms with E-state index in [0.29, 0.717) is 28.4 Å². The van der Waals surface area contributed by atoms with Crippen LogP contribution in [0.5, 0.6) is 11.5 Å². The number of nitrogens with zero attached hydrogens (tertiary/aromatic N) is 1. The highest BCUT2D eigenvalue weighted by Gasteiger charge is 2.09. The highest BCUT2D eigenvalue weighted by atomic mass is 16.5. The molecule has 0 aliphatic carbocycles. The minimum absolute atomic E-state index is 0.390. The van der Waals surface area contributed by atoms with E-state index in [-0.39, 0.29) is 0 Å². The fourth-order valence-electron chi connectivity index (χ4n) is 1.62. The fourth-order valence-corrected chi connectivity index (χ4v) is 1.62. The van der Waals surface area contributed by atoms with Crippen LogP contribution in [0.4, 0.5) is 0 Å². The van der Waals surface area contributed by atoms with Crippen molar-refractivity contribution in [2.75, 3.05) is 0 Å². The maximum absolute atomic E-state index is 12.0. The van der Waals surface area contributed by atoms with Crippen molar-refractivity contribution in [1.82, 2.24) is 0 Å². The Hall–Kier alpha value is -3.06. The number of esters is 1. The Morgan fingerprint density at radius 2 is 1.52 bits per heavy atom. The Morgan fingerprint density at radius 3 is 2.05 bits per heavy atom. The van der Waals surface area contributed by atoms with E-state index in [1.165, 1.54) is 0 Å². The highest BCUT2D eigenvalue weighted by molar-refractivity contribution is 5.91. The van der Waals surface area contributed by atoms with Gasteiger partial charge in [-0.15, -0.1) is 0 Å². The summed E-state index contributed by atoms with van der Waals surface area (Å²) in [7, 11) is 0. The second-order valence-corrected chi connectivity index (χ2v) is 4.35. The van der Waals surface area contributed by atoms with Crippen molar-refractivity contribution in [3.05, 3.63) is 72.0 Å². The van der Waals surface area contributed by atoms with Gasteiger partial charge in [0, 0.05) is 0 Å². The first-order chi connectivity index (χ1) is 10.1. The van der Waals surface area contributed by atoms with Gasteiger partial charge in [0.2, 0.25) is 0 Å². The molecule has 0 bridgehead atoms. The predicted octanol–water partition coefficient (Wildman–Crippen LogP) is 3.69. The molecule has 104 valence electrons. The van der Waals surface area contributed by atoms with E-state index in [1.807, 2.05) is 6.07 Å². The molecule has 2 aromatic rings. The lowest BCUT2D eigenvalue weighted by Gasteiger charge is -2.06. The first-order valence-corrected chi connectivity index (χ1v) is 6.24. The summed E-state index contributed by atoms with van der Waals surface area (Å²) in [6.45, 7) is 5.38. The van der Waals surface area contributed by atoms with Gasteiger partial charge < -0.3 is 9.47 Å². The normalized spacial score (nSPS) is 9.52. The second-order valence-electron chi connectivity index (χ2n) is 4.35. The summed E-state index contributed by atoms with van der Waals surface area (Å²) < 4.78 is 10.5. The minimum atomic E-state index is -0.471. The second kappa shape index (κ2) is 6.40. The van der Waals surface area contributed by atoms with Crippen LogP contribution in [0, 0.1) is 11.3 Å². The lowest BCUT2D eigenvalue weighted by atomic mass is 10.2. The molecule has 0 radical (unpaired) electrons. The van der Waals surface area contributed by atoms with Crippen LogP contribution < -0.4 is 9.47 Å². The van der Waals surface area contributed by atoms with E-state index < -0.39 is 5.97 Å². The van der Waals surface area contributed by atoms with Crippen molar-refractivity contribution in [3.63, 3.8) is 0 Å². The fraction of sp³-hybridized carbons (Fsp3) is 0.0588. The molecular formula is C17H13NO3. The molecule has 0 fully saturated rings. The number of hydrogen-bond donors (Lipinski definition) is 0. The Morgan fingerprint density at radius 1 is 1.00 bits per heavy atom. The average Bonchev–Trinajstić information content (AvgIpc) is 2.48. The van der Waals surface area contributed by atoms with Gasteiger partial charge in [-0.25, -0.2) is 4.79 Å². The van der Waals surface area contributed by atoms with E-state index in [1.54, 1.807) is 55.5 Å². The molecular weight excluding hydrogens is 266 g/mol. The van der Waals surface area contributed by atoms with Crippen LogP contribution in [0.25, 0.3) is 0 Å². The number of benzene rings is 2. The standard InChI is InChI=1S/C17H13NO3/c1-12(2)20-15-9-5-14(6-10-15)17(19)21-16-7-3-13(11-18)4-8-16/h3-10H,1H2,2H3. The molecule has 2 aromatic carbocycles. The maximum atomic E-state index is 12.0. The van der Waals surface area contributed by atoms with Gasteiger partial charge in [0.1, 0.15) is 11.5 Å². The van der Waals surface area contributed by atoms with Crippen molar-refractivity contribution in [2.45, 2.75) is 6.92 Å². The zero-order valence-corrected chi connectivity index (χ0v) is 11.5. The van der Waals surface area contributed by atoms with Gasteiger partial charge in [0.05, 0.1) is 23.0 Å². The molecule has 0 atom stereocenters. The van der Waals surface area contributed by atoms with Crippen molar-refractivity contribution < 1.29 is 14.3 Å². The van der Waals surface area contributed by atoms with Crippen molar-refractivity contribution >= 4 is 5.97 Å². The molecule has 0 unspecified atom stereocenters. The molecule has 0 heterocycles. The zero-order chi connectivity index (χ0) is 15.2. The van der Waals surface area contributed by atoms with Crippen molar-refractivity contribution in [1.29, 1.82) is 5.26 Å². The number of carbonyl (C=O) groups is 1. The van der Waals surface area contributed by atoms with Crippen LogP contribution >= 0.6 is 0 Å². The van der Waals surface area contributed by atoms with Crippen molar-refractivity contribution in [3.8, 4) is 17.6 Å². The summed E-state index contributed by atoms with van der Waals surface area (Å²) in [5, 5.41) is 8.70. The zero-order valence-electron chi connectivity index (χ0n) is 11.5. The first kappa shape index (κ1) is 14.4. The maximum Gasteiger partial charge on any atom is 0.343 e. The number of rotatable bonds is 4. The van der Waals surface area contributed by atoms with Gasteiger partial charge in [0.15, 0.2) is 0 Å². The van der Waals surface area contributed by atoms with Crippen LogP contribution in [0.2, 0.25) is 0 Å². The lowest BCUT2D eigenvalue weighted by Crippen LogP contribution is -2.08. The molecule has 4 heteroatoms. The van der Waals surface area contributed by atoms with Crippen LogP contribution in [-0.2, 0) is 0 Å². The molecule has 0 aliphatic rings. The van der Waals surface area contributed by atoms with E-state index in [0.717, 1.165) is 0 Å². The van der Waals surface area contributed by atoms with Gasteiger partial charge in [-0.3, -0.25) is 0 Å². The number of allylic oxidation sites excluding steroid dienone is 1. The molecule has 2 rings (SSSR count). The lowest BCUT2D eigenvalue weighted by molar-refractivity contribution is 0.0735. The predicted molar refractivity (Wildman–Crippen MR) is 78.0 cm³/mol. The smallest absolute Gasteiger partial charge is 0.343 e. The van der Waals surface area contributed by atoms with Crippen LogP contribution in [0.3, 0.4) is 0 Å². The summed E-state index contributed by atoms with van der Waals surface area (Å²) in [4.78, 5) is 12.0. The number of nitriles is 1. The Kier molecular flexibility index (Phi) is 4.37. The summed E-state index contributed by atoms with van der Waals surface area (Å²) >= 11 is 0. The van der Waals surface area contributed by atoms with Gasteiger partial charge in [-0.05, 0) is 55.5 Å². The van der Waals surface area contributed by atoms with Crippen LogP contribution in [0.15, 0.2) is 60.9 Å². The number of carbonyl (C=O) groups excluding carboxylic acids is 1. The largest absolute Gasteiger partial charge is 0.463 e. The molecule has 4 nitrogen and oxygen atoms in total. The molecule has 0 aliphatic heterocycles. The average molecular weight is 279 g/mol. The monoisotopic (exact) mass is 279 g/mol. The van der Waals surface area contributed by atoms with Gasteiger partial charge >= 0.3 is 5.97 Å². The Bertz CT molecular complexity index is 694. The molecule has 0 saturated heterocycles.